The molecule has 1 fully saturated rings. The van der Waals surface area contributed by atoms with Gasteiger partial charge < -0.3 is 34.6 Å². The van der Waals surface area contributed by atoms with Gasteiger partial charge in [0.15, 0.2) is 6.29 Å². The van der Waals surface area contributed by atoms with Gasteiger partial charge >= 0.3 is 0 Å². The molecule has 1 saturated heterocycles. The number of rotatable bonds is 7. The van der Waals surface area contributed by atoms with Crippen molar-refractivity contribution < 1.29 is 34.6 Å². The van der Waals surface area contributed by atoms with E-state index in [2.05, 4.69) is 0 Å². The number of benzene rings is 1. The Hall–Kier alpha value is -1.06. The van der Waals surface area contributed by atoms with Gasteiger partial charge in [-0.15, -0.1) is 0 Å². The van der Waals surface area contributed by atoms with Crippen LogP contribution in [0.2, 0.25) is 0 Å². The van der Waals surface area contributed by atoms with Gasteiger partial charge in [0.1, 0.15) is 24.4 Å². The summed E-state index contributed by atoms with van der Waals surface area (Å²) in [6.07, 6.45) is -5.09. The van der Waals surface area contributed by atoms with Gasteiger partial charge in [-0.05, 0) is 5.56 Å². The van der Waals surface area contributed by atoms with Crippen molar-refractivity contribution in [1.29, 1.82) is 0 Å². The SMILES string of the molecule is OC[C@H](O)CO[C@H]1OC[C@@H](O)[C@H](O)[C@H]1OCc1ccccc1. The molecule has 1 aromatic carbocycles. The average Bonchev–Trinajstić information content (AvgIpc) is 2.55. The summed E-state index contributed by atoms with van der Waals surface area (Å²) in [5.74, 6) is 0. The smallest absolute Gasteiger partial charge is 0.186 e. The third-order valence-electron chi connectivity index (χ3n) is 3.38. The molecule has 0 aliphatic carbocycles. The first-order chi connectivity index (χ1) is 10.6. The average molecular weight is 314 g/mol. The summed E-state index contributed by atoms with van der Waals surface area (Å²) < 4.78 is 16.3. The Morgan fingerprint density at radius 1 is 1.18 bits per heavy atom. The van der Waals surface area contributed by atoms with Crippen LogP contribution in [0, 0.1) is 0 Å². The molecule has 1 aliphatic heterocycles. The Balaban J connectivity index is 1.94. The van der Waals surface area contributed by atoms with Crippen LogP contribution >= 0.6 is 0 Å². The van der Waals surface area contributed by atoms with E-state index in [9.17, 15) is 15.3 Å². The fourth-order valence-electron chi connectivity index (χ4n) is 2.11. The maximum atomic E-state index is 10.1. The second kappa shape index (κ2) is 8.54. The van der Waals surface area contributed by atoms with Crippen molar-refractivity contribution in [2.45, 2.75) is 37.3 Å². The van der Waals surface area contributed by atoms with E-state index in [4.69, 9.17) is 19.3 Å². The first kappa shape index (κ1) is 17.3. The molecule has 0 amide bonds. The molecular formula is C15H22O7. The Morgan fingerprint density at radius 3 is 2.59 bits per heavy atom. The molecule has 0 saturated carbocycles. The Morgan fingerprint density at radius 2 is 1.91 bits per heavy atom. The van der Waals surface area contributed by atoms with Gasteiger partial charge in [-0.25, -0.2) is 0 Å². The summed E-state index contributed by atoms with van der Waals surface area (Å²) in [6.45, 7) is -0.462. The van der Waals surface area contributed by atoms with Crippen molar-refractivity contribution in [1.82, 2.24) is 0 Å². The molecule has 0 bridgehead atoms. The van der Waals surface area contributed by atoms with Gasteiger partial charge in [0.05, 0.1) is 26.4 Å². The van der Waals surface area contributed by atoms with E-state index in [0.29, 0.717) is 0 Å². The van der Waals surface area contributed by atoms with Gasteiger partial charge in [0, 0.05) is 0 Å². The number of hydrogen-bond acceptors (Lipinski definition) is 7. The maximum absolute atomic E-state index is 10.1. The van der Waals surface area contributed by atoms with Gasteiger partial charge in [-0.3, -0.25) is 0 Å². The molecule has 0 unspecified atom stereocenters. The lowest BCUT2D eigenvalue weighted by Crippen LogP contribution is -2.55. The second-order valence-electron chi connectivity index (χ2n) is 5.19. The van der Waals surface area contributed by atoms with Crippen molar-refractivity contribution in [2.24, 2.45) is 0 Å². The van der Waals surface area contributed by atoms with E-state index in [1.807, 2.05) is 30.3 Å². The largest absolute Gasteiger partial charge is 0.394 e. The van der Waals surface area contributed by atoms with Crippen LogP contribution in [-0.4, -0.2) is 71.0 Å². The predicted octanol–water partition coefficient (Wildman–Crippen LogP) is -0.980. The molecule has 1 heterocycles. The van der Waals surface area contributed by atoms with Crippen molar-refractivity contribution in [3.05, 3.63) is 35.9 Å². The standard InChI is InChI=1S/C15H22O7/c16-6-11(17)8-21-15-14(13(19)12(18)9-22-15)20-7-10-4-2-1-3-5-10/h1-5,11-19H,6-9H2/t11-,12+,13-,14+,15-/m0/s1. The number of aliphatic hydroxyl groups excluding tert-OH is 4. The summed E-state index contributed by atoms with van der Waals surface area (Å²) >= 11 is 0. The predicted molar refractivity (Wildman–Crippen MR) is 75.8 cm³/mol. The molecule has 7 nitrogen and oxygen atoms in total. The molecule has 0 aromatic heterocycles. The third-order valence-corrected chi connectivity index (χ3v) is 3.38. The van der Waals surface area contributed by atoms with Crippen LogP contribution in [0.15, 0.2) is 30.3 Å². The zero-order valence-electron chi connectivity index (χ0n) is 12.1. The van der Waals surface area contributed by atoms with E-state index < -0.39 is 37.3 Å². The van der Waals surface area contributed by atoms with E-state index in [0.717, 1.165) is 5.56 Å². The Bertz CT molecular complexity index is 427. The topological polar surface area (TPSA) is 109 Å². The van der Waals surface area contributed by atoms with Crippen LogP contribution in [0.1, 0.15) is 5.56 Å². The van der Waals surface area contributed by atoms with Gasteiger partial charge in [-0.1, -0.05) is 30.3 Å². The minimum Gasteiger partial charge on any atom is -0.394 e. The van der Waals surface area contributed by atoms with Gasteiger partial charge in [0.25, 0.3) is 0 Å². The quantitative estimate of drug-likeness (QED) is 0.512. The van der Waals surface area contributed by atoms with Crippen LogP contribution in [0.25, 0.3) is 0 Å². The summed E-state index contributed by atoms with van der Waals surface area (Å²) in [5, 5.41) is 37.9. The molecule has 7 heteroatoms. The van der Waals surface area contributed by atoms with Crippen LogP contribution in [0.4, 0.5) is 0 Å². The Kier molecular flexibility index (Phi) is 6.71. The molecule has 124 valence electrons. The monoisotopic (exact) mass is 314 g/mol. The van der Waals surface area contributed by atoms with E-state index in [1.54, 1.807) is 0 Å². The lowest BCUT2D eigenvalue weighted by atomic mass is 10.1. The lowest BCUT2D eigenvalue weighted by molar-refractivity contribution is -0.287. The zero-order valence-corrected chi connectivity index (χ0v) is 12.1. The fraction of sp³-hybridized carbons (Fsp3) is 0.600. The zero-order chi connectivity index (χ0) is 15.9. The second-order valence-corrected chi connectivity index (χ2v) is 5.19. The Labute approximate surface area is 128 Å². The van der Waals surface area contributed by atoms with Gasteiger partial charge in [-0.2, -0.15) is 0 Å². The summed E-state index contributed by atoms with van der Waals surface area (Å²) in [4.78, 5) is 0. The number of ether oxygens (including phenoxy) is 3. The highest BCUT2D eigenvalue weighted by Crippen LogP contribution is 2.21. The van der Waals surface area contributed by atoms with Crippen LogP contribution in [0.5, 0.6) is 0 Å². The van der Waals surface area contributed by atoms with E-state index in [1.165, 1.54) is 0 Å². The highest BCUT2D eigenvalue weighted by molar-refractivity contribution is 5.13. The molecule has 4 N–H and O–H groups in total. The molecule has 0 radical (unpaired) electrons. The summed E-state index contributed by atoms with van der Waals surface area (Å²) in [6, 6.07) is 9.36. The molecule has 1 aliphatic rings. The van der Waals surface area contributed by atoms with Crippen LogP contribution in [0.3, 0.4) is 0 Å². The normalized spacial score (nSPS) is 30.2. The van der Waals surface area contributed by atoms with Crippen LogP contribution < -0.4 is 0 Å². The van der Waals surface area contributed by atoms with Crippen molar-refractivity contribution in [3.63, 3.8) is 0 Å². The molecule has 0 spiro atoms. The van der Waals surface area contributed by atoms with Crippen molar-refractivity contribution in [2.75, 3.05) is 19.8 Å². The minimum absolute atomic E-state index is 0.0910. The van der Waals surface area contributed by atoms with Crippen molar-refractivity contribution >= 4 is 0 Å². The third kappa shape index (κ3) is 4.72. The molecule has 22 heavy (non-hydrogen) atoms. The number of hydrogen-bond donors (Lipinski definition) is 4. The molecular weight excluding hydrogens is 292 g/mol. The summed E-state index contributed by atoms with van der Waals surface area (Å²) in [5.41, 5.74) is 0.906. The first-order valence-electron chi connectivity index (χ1n) is 7.15. The highest BCUT2D eigenvalue weighted by Gasteiger charge is 2.40. The molecule has 5 atom stereocenters. The molecule has 1 aromatic rings. The van der Waals surface area contributed by atoms with E-state index >= 15 is 0 Å². The summed E-state index contributed by atoms with van der Waals surface area (Å²) in [7, 11) is 0. The van der Waals surface area contributed by atoms with E-state index in [-0.39, 0.29) is 19.8 Å². The highest BCUT2D eigenvalue weighted by atomic mass is 16.7. The number of aliphatic hydroxyl groups is 4. The maximum Gasteiger partial charge on any atom is 0.186 e. The first-order valence-corrected chi connectivity index (χ1v) is 7.15. The van der Waals surface area contributed by atoms with Crippen LogP contribution in [-0.2, 0) is 20.8 Å². The van der Waals surface area contributed by atoms with Gasteiger partial charge in [0.2, 0.25) is 0 Å². The minimum atomic E-state index is -1.16. The van der Waals surface area contributed by atoms with Crippen molar-refractivity contribution in [3.8, 4) is 0 Å². The lowest BCUT2D eigenvalue weighted by Gasteiger charge is -2.37. The molecule has 2 rings (SSSR count). The fourth-order valence-corrected chi connectivity index (χ4v) is 2.11.